The fourth-order valence-corrected chi connectivity index (χ4v) is 2.05. The van der Waals surface area contributed by atoms with Crippen LogP contribution >= 0.6 is 0 Å². The molecule has 0 saturated carbocycles. The number of β-amino-alcohol motifs (C(OH)–C–C–N with tert-alkyl or cyclic N) is 1. The van der Waals surface area contributed by atoms with Gasteiger partial charge in [0.15, 0.2) is 0 Å². The summed E-state index contributed by atoms with van der Waals surface area (Å²) in [6.45, 7) is 0.678. The van der Waals surface area contributed by atoms with Gasteiger partial charge in [-0.15, -0.1) is 0 Å². The number of rotatable bonds is 1. The number of anilines is 1. The van der Waals surface area contributed by atoms with Crippen LogP contribution in [0.3, 0.4) is 0 Å². The standard InChI is InChI=1S/C12H10FNO4/c13-8-1-7-10(16)3-12(17)18-11(7)2-9(8)14-4-6(15)5-14/h1-3,6,15-16H,4-5H2. The molecular formula is C12H10FNO4. The van der Waals surface area contributed by atoms with Gasteiger partial charge in [0.1, 0.15) is 17.1 Å². The molecule has 0 bridgehead atoms. The highest BCUT2D eigenvalue weighted by molar-refractivity contribution is 5.86. The van der Waals surface area contributed by atoms with Crippen LogP contribution in [0.25, 0.3) is 11.0 Å². The molecule has 3 rings (SSSR count). The summed E-state index contributed by atoms with van der Waals surface area (Å²) in [5.74, 6) is -0.839. The molecular weight excluding hydrogens is 241 g/mol. The Hall–Kier alpha value is -2.08. The van der Waals surface area contributed by atoms with Gasteiger partial charge in [-0.2, -0.15) is 0 Å². The van der Waals surface area contributed by atoms with Crippen LogP contribution in [-0.4, -0.2) is 29.4 Å². The van der Waals surface area contributed by atoms with Crippen LogP contribution in [0.15, 0.2) is 27.4 Å². The lowest BCUT2D eigenvalue weighted by Gasteiger charge is -2.37. The van der Waals surface area contributed by atoms with Crippen LogP contribution in [0.4, 0.5) is 10.1 Å². The van der Waals surface area contributed by atoms with Gasteiger partial charge in [0.05, 0.1) is 23.2 Å². The summed E-state index contributed by atoms with van der Waals surface area (Å²) < 4.78 is 18.8. The molecule has 0 radical (unpaired) electrons. The summed E-state index contributed by atoms with van der Waals surface area (Å²) in [6.07, 6.45) is -0.462. The number of aliphatic hydroxyl groups excluding tert-OH is 1. The van der Waals surface area contributed by atoms with Crippen LogP contribution in [0, 0.1) is 5.82 Å². The zero-order valence-electron chi connectivity index (χ0n) is 9.26. The molecule has 0 unspecified atom stereocenters. The van der Waals surface area contributed by atoms with Crippen molar-refractivity contribution in [1.82, 2.24) is 0 Å². The van der Waals surface area contributed by atoms with E-state index in [0.29, 0.717) is 13.1 Å². The number of halogens is 1. The Morgan fingerprint density at radius 1 is 1.33 bits per heavy atom. The topological polar surface area (TPSA) is 73.9 Å². The summed E-state index contributed by atoms with van der Waals surface area (Å²) in [5.41, 5.74) is -0.319. The van der Waals surface area contributed by atoms with Crippen LogP contribution in [0.1, 0.15) is 0 Å². The number of benzene rings is 1. The molecule has 0 spiro atoms. The lowest BCUT2D eigenvalue weighted by atomic mass is 10.1. The van der Waals surface area contributed by atoms with E-state index in [1.54, 1.807) is 4.90 Å². The van der Waals surface area contributed by atoms with E-state index >= 15 is 0 Å². The van der Waals surface area contributed by atoms with Crippen molar-refractivity contribution in [2.45, 2.75) is 6.10 Å². The first-order valence-electron chi connectivity index (χ1n) is 5.44. The third kappa shape index (κ3) is 1.62. The van der Waals surface area contributed by atoms with Gasteiger partial charge in [0.25, 0.3) is 0 Å². The lowest BCUT2D eigenvalue weighted by Crippen LogP contribution is -2.51. The van der Waals surface area contributed by atoms with E-state index in [0.717, 1.165) is 12.1 Å². The predicted molar refractivity (Wildman–Crippen MR) is 62.3 cm³/mol. The van der Waals surface area contributed by atoms with E-state index < -0.39 is 17.5 Å². The molecule has 2 aromatic rings. The first-order valence-corrected chi connectivity index (χ1v) is 5.44. The number of hydrogen-bond donors (Lipinski definition) is 2. The second-order valence-electron chi connectivity index (χ2n) is 4.31. The van der Waals surface area contributed by atoms with Crippen molar-refractivity contribution >= 4 is 16.7 Å². The molecule has 5 nitrogen and oxygen atoms in total. The Bertz CT molecular complexity index is 676. The van der Waals surface area contributed by atoms with Crippen molar-refractivity contribution < 1.29 is 19.0 Å². The molecule has 0 aliphatic carbocycles. The van der Waals surface area contributed by atoms with Crippen LogP contribution < -0.4 is 10.5 Å². The molecule has 1 saturated heterocycles. The number of aliphatic hydroxyl groups is 1. The molecule has 2 heterocycles. The minimum atomic E-state index is -0.693. The molecule has 1 aromatic carbocycles. The summed E-state index contributed by atoms with van der Waals surface area (Å²) in [6, 6.07) is 3.38. The van der Waals surface area contributed by atoms with Crippen molar-refractivity contribution in [1.29, 1.82) is 0 Å². The average molecular weight is 251 g/mol. The third-order valence-corrected chi connectivity index (χ3v) is 2.99. The van der Waals surface area contributed by atoms with Crippen LogP contribution in [-0.2, 0) is 0 Å². The summed E-state index contributed by atoms with van der Waals surface area (Å²) in [5, 5.41) is 18.9. The fraction of sp³-hybridized carbons (Fsp3) is 0.250. The monoisotopic (exact) mass is 251 g/mol. The molecule has 1 aliphatic heterocycles. The highest BCUT2D eigenvalue weighted by Gasteiger charge is 2.27. The van der Waals surface area contributed by atoms with E-state index in [-0.39, 0.29) is 22.4 Å². The van der Waals surface area contributed by atoms with Gasteiger partial charge < -0.3 is 19.5 Å². The largest absolute Gasteiger partial charge is 0.507 e. The van der Waals surface area contributed by atoms with Crippen LogP contribution in [0.2, 0.25) is 0 Å². The fourth-order valence-electron chi connectivity index (χ4n) is 2.05. The van der Waals surface area contributed by atoms with E-state index in [4.69, 9.17) is 4.42 Å². The van der Waals surface area contributed by atoms with E-state index in [9.17, 15) is 19.4 Å². The van der Waals surface area contributed by atoms with E-state index in [1.165, 1.54) is 6.07 Å². The lowest BCUT2D eigenvalue weighted by molar-refractivity contribution is 0.141. The maximum atomic E-state index is 13.8. The number of fused-ring (bicyclic) bond motifs is 1. The number of nitrogens with zero attached hydrogens (tertiary/aromatic N) is 1. The molecule has 1 aromatic heterocycles. The van der Waals surface area contributed by atoms with Gasteiger partial charge in [0, 0.05) is 19.2 Å². The van der Waals surface area contributed by atoms with Crippen LogP contribution in [0.5, 0.6) is 5.75 Å². The third-order valence-electron chi connectivity index (χ3n) is 2.99. The van der Waals surface area contributed by atoms with Gasteiger partial charge in [-0.25, -0.2) is 9.18 Å². The molecule has 1 fully saturated rings. The maximum absolute atomic E-state index is 13.8. The number of hydrogen-bond acceptors (Lipinski definition) is 5. The van der Waals surface area contributed by atoms with Crippen molar-refractivity contribution in [3.63, 3.8) is 0 Å². The van der Waals surface area contributed by atoms with Gasteiger partial charge in [-0.05, 0) is 6.07 Å². The van der Waals surface area contributed by atoms with E-state index in [2.05, 4.69) is 0 Å². The van der Waals surface area contributed by atoms with Crippen molar-refractivity contribution in [3.8, 4) is 5.75 Å². The molecule has 6 heteroatoms. The Morgan fingerprint density at radius 3 is 2.72 bits per heavy atom. The predicted octanol–water partition coefficient (Wildman–Crippen LogP) is 0.819. The number of aromatic hydroxyl groups is 1. The average Bonchev–Trinajstić information content (AvgIpc) is 2.26. The second-order valence-corrected chi connectivity index (χ2v) is 4.31. The Labute approximate surface area is 101 Å². The highest BCUT2D eigenvalue weighted by Crippen LogP contribution is 2.31. The normalized spacial score (nSPS) is 16.0. The highest BCUT2D eigenvalue weighted by atomic mass is 19.1. The molecule has 2 N–H and O–H groups in total. The molecule has 94 valence electrons. The maximum Gasteiger partial charge on any atom is 0.339 e. The van der Waals surface area contributed by atoms with Gasteiger partial charge in [0.2, 0.25) is 0 Å². The summed E-state index contributed by atoms with van der Waals surface area (Å²) >= 11 is 0. The molecule has 0 amide bonds. The van der Waals surface area contributed by atoms with Crippen molar-refractivity contribution in [2.75, 3.05) is 18.0 Å². The second kappa shape index (κ2) is 3.71. The van der Waals surface area contributed by atoms with Gasteiger partial charge in [-0.3, -0.25) is 0 Å². The first-order chi connectivity index (χ1) is 8.54. The smallest absolute Gasteiger partial charge is 0.339 e. The quantitative estimate of drug-likeness (QED) is 0.734. The van der Waals surface area contributed by atoms with Gasteiger partial charge >= 0.3 is 5.63 Å². The Morgan fingerprint density at radius 2 is 2.06 bits per heavy atom. The molecule has 18 heavy (non-hydrogen) atoms. The van der Waals surface area contributed by atoms with E-state index in [1.807, 2.05) is 0 Å². The Kier molecular flexibility index (Phi) is 2.27. The zero-order chi connectivity index (χ0) is 12.9. The minimum Gasteiger partial charge on any atom is -0.507 e. The molecule has 0 atom stereocenters. The Balaban J connectivity index is 2.17. The summed E-state index contributed by atoms with van der Waals surface area (Å²) in [7, 11) is 0. The van der Waals surface area contributed by atoms with Crippen molar-refractivity contribution in [2.24, 2.45) is 0 Å². The van der Waals surface area contributed by atoms with Crippen molar-refractivity contribution in [3.05, 3.63) is 34.4 Å². The first kappa shape index (κ1) is 11.0. The van der Waals surface area contributed by atoms with Gasteiger partial charge in [-0.1, -0.05) is 0 Å². The SMILES string of the molecule is O=c1cc(O)c2cc(F)c(N3CC(O)C3)cc2o1. The minimum absolute atomic E-state index is 0.123. The zero-order valence-corrected chi connectivity index (χ0v) is 9.26. The molecule has 1 aliphatic rings. The summed E-state index contributed by atoms with van der Waals surface area (Å²) in [4.78, 5) is 12.8.